The van der Waals surface area contributed by atoms with E-state index in [0.717, 1.165) is 11.1 Å². The molecule has 1 heterocycles. The largest absolute Gasteiger partial charge is 0.479 e. The average Bonchev–Trinajstić information content (AvgIpc) is 2.29. The van der Waals surface area contributed by atoms with Gasteiger partial charge in [0.05, 0.1) is 12.8 Å². The van der Waals surface area contributed by atoms with E-state index in [2.05, 4.69) is 5.10 Å². The molecule has 5 heteroatoms. The van der Waals surface area contributed by atoms with Crippen LogP contribution in [0.25, 0.3) is 0 Å². The lowest BCUT2D eigenvalue weighted by atomic mass is 10.1. The van der Waals surface area contributed by atoms with Gasteiger partial charge < -0.3 is 9.90 Å². The highest BCUT2D eigenvalue weighted by Crippen LogP contribution is 2.16. The van der Waals surface area contributed by atoms with Gasteiger partial charge in [0, 0.05) is 0 Å². The summed E-state index contributed by atoms with van der Waals surface area (Å²) in [5.41, 5.74) is 1.92. The van der Waals surface area contributed by atoms with E-state index in [9.17, 15) is 9.59 Å². The van der Waals surface area contributed by atoms with Gasteiger partial charge in [-0.2, -0.15) is 5.10 Å². The number of aliphatic carboxylic acids is 1. The first-order valence-corrected chi connectivity index (χ1v) is 4.79. The Hall–Kier alpha value is -2.17. The summed E-state index contributed by atoms with van der Waals surface area (Å²) in [6, 6.07) is 6.32. The maximum absolute atomic E-state index is 10.8. The first-order valence-electron chi connectivity index (χ1n) is 4.79. The van der Waals surface area contributed by atoms with Crippen LogP contribution in [0.1, 0.15) is 11.1 Å². The Bertz CT molecular complexity index is 456. The quantitative estimate of drug-likeness (QED) is 0.592. The van der Waals surface area contributed by atoms with Crippen LogP contribution in [-0.4, -0.2) is 34.6 Å². The lowest BCUT2D eigenvalue weighted by Crippen LogP contribution is -2.40. The predicted octanol–water partition coefficient (Wildman–Crippen LogP) is 0.488. The predicted molar refractivity (Wildman–Crippen MR) is 57.1 cm³/mol. The van der Waals surface area contributed by atoms with E-state index in [4.69, 9.17) is 5.11 Å². The molecule has 5 nitrogen and oxygen atoms in total. The standard InChI is InChI=1S/C11H10N2O3/c14-7-10(11(15)16)13-6-9-4-2-1-3-8(9)5-12-13/h1-5,7,10H,6H2,(H,15,16). The minimum absolute atomic E-state index is 0.336. The van der Waals surface area contributed by atoms with Crippen molar-refractivity contribution >= 4 is 18.5 Å². The molecule has 0 saturated heterocycles. The van der Waals surface area contributed by atoms with Crippen molar-refractivity contribution in [1.29, 1.82) is 0 Å². The van der Waals surface area contributed by atoms with Gasteiger partial charge in [0.15, 0.2) is 12.3 Å². The number of rotatable bonds is 3. The molecule has 2 rings (SSSR count). The highest BCUT2D eigenvalue weighted by atomic mass is 16.4. The van der Waals surface area contributed by atoms with Gasteiger partial charge in [0.25, 0.3) is 0 Å². The normalized spacial score (nSPS) is 15.4. The second kappa shape index (κ2) is 4.14. The van der Waals surface area contributed by atoms with Crippen LogP contribution >= 0.6 is 0 Å². The Morgan fingerprint density at radius 2 is 2.25 bits per heavy atom. The molecule has 0 aromatic heterocycles. The van der Waals surface area contributed by atoms with Crippen LogP contribution in [0.5, 0.6) is 0 Å². The number of carboxylic acids is 1. The first-order chi connectivity index (χ1) is 7.72. The summed E-state index contributed by atoms with van der Waals surface area (Å²) in [5.74, 6) is -1.19. The number of hydrazone groups is 1. The number of carbonyl (C=O) groups excluding carboxylic acids is 1. The number of carboxylic acid groups (broad SMARTS) is 1. The summed E-state index contributed by atoms with van der Waals surface area (Å²) < 4.78 is 0. The molecular formula is C11H10N2O3. The van der Waals surface area contributed by atoms with E-state index in [0.29, 0.717) is 12.8 Å². The van der Waals surface area contributed by atoms with Crippen molar-refractivity contribution in [3.63, 3.8) is 0 Å². The van der Waals surface area contributed by atoms with Gasteiger partial charge in [-0.3, -0.25) is 5.01 Å². The molecule has 82 valence electrons. The van der Waals surface area contributed by atoms with E-state index in [1.807, 2.05) is 24.3 Å². The second-order valence-corrected chi connectivity index (χ2v) is 3.46. The average molecular weight is 218 g/mol. The van der Waals surface area contributed by atoms with Gasteiger partial charge >= 0.3 is 5.97 Å². The molecule has 0 radical (unpaired) electrons. The number of carbonyl (C=O) groups is 2. The highest BCUT2D eigenvalue weighted by molar-refractivity contribution is 5.91. The van der Waals surface area contributed by atoms with E-state index < -0.39 is 12.0 Å². The molecule has 1 aliphatic rings. The molecule has 1 N–H and O–H groups in total. The zero-order chi connectivity index (χ0) is 11.5. The van der Waals surface area contributed by atoms with Gasteiger partial charge in [-0.25, -0.2) is 4.79 Å². The Kier molecular flexibility index (Phi) is 2.68. The lowest BCUT2D eigenvalue weighted by Gasteiger charge is -2.26. The Morgan fingerprint density at radius 1 is 1.50 bits per heavy atom. The molecule has 1 unspecified atom stereocenters. The molecule has 1 atom stereocenters. The van der Waals surface area contributed by atoms with Crippen LogP contribution in [0, 0.1) is 0 Å². The van der Waals surface area contributed by atoms with Crippen molar-refractivity contribution in [3.05, 3.63) is 35.4 Å². The molecule has 0 aliphatic carbocycles. The van der Waals surface area contributed by atoms with Crippen LogP contribution in [-0.2, 0) is 16.1 Å². The third kappa shape index (κ3) is 1.79. The summed E-state index contributed by atoms with van der Waals surface area (Å²) >= 11 is 0. The summed E-state index contributed by atoms with van der Waals surface area (Å²) in [6.45, 7) is 0.336. The van der Waals surface area contributed by atoms with Crippen molar-refractivity contribution < 1.29 is 14.7 Å². The number of aldehydes is 1. The van der Waals surface area contributed by atoms with Crippen molar-refractivity contribution in [2.45, 2.75) is 12.6 Å². The molecule has 0 bridgehead atoms. The monoisotopic (exact) mass is 218 g/mol. The van der Waals surface area contributed by atoms with Crippen LogP contribution < -0.4 is 0 Å². The highest BCUT2D eigenvalue weighted by Gasteiger charge is 2.26. The third-order valence-electron chi connectivity index (χ3n) is 2.44. The van der Waals surface area contributed by atoms with Gasteiger partial charge in [0.2, 0.25) is 0 Å². The zero-order valence-corrected chi connectivity index (χ0v) is 8.41. The van der Waals surface area contributed by atoms with Gasteiger partial charge in [-0.05, 0) is 11.1 Å². The summed E-state index contributed by atoms with van der Waals surface area (Å²) in [5, 5.41) is 14.0. The molecule has 0 amide bonds. The molecule has 0 fully saturated rings. The van der Waals surface area contributed by atoms with Gasteiger partial charge in [0.1, 0.15) is 0 Å². The molecular weight excluding hydrogens is 208 g/mol. The van der Waals surface area contributed by atoms with Crippen LogP contribution in [0.4, 0.5) is 0 Å². The summed E-state index contributed by atoms with van der Waals surface area (Å²) in [7, 11) is 0. The lowest BCUT2D eigenvalue weighted by molar-refractivity contribution is -0.145. The van der Waals surface area contributed by atoms with E-state index >= 15 is 0 Å². The van der Waals surface area contributed by atoms with Gasteiger partial charge in [-0.1, -0.05) is 24.3 Å². The minimum atomic E-state index is -1.22. The Morgan fingerprint density at radius 3 is 2.94 bits per heavy atom. The van der Waals surface area contributed by atoms with Crippen LogP contribution in [0.15, 0.2) is 29.4 Å². The van der Waals surface area contributed by atoms with E-state index in [-0.39, 0.29) is 0 Å². The zero-order valence-electron chi connectivity index (χ0n) is 8.41. The second-order valence-electron chi connectivity index (χ2n) is 3.46. The van der Waals surface area contributed by atoms with Crippen LogP contribution in [0.3, 0.4) is 0 Å². The fourth-order valence-electron chi connectivity index (χ4n) is 1.58. The van der Waals surface area contributed by atoms with E-state index in [1.165, 1.54) is 5.01 Å². The number of hydrogen-bond acceptors (Lipinski definition) is 4. The Balaban J connectivity index is 2.26. The van der Waals surface area contributed by atoms with Crippen LogP contribution in [0.2, 0.25) is 0 Å². The summed E-state index contributed by atoms with van der Waals surface area (Å²) in [6.07, 6.45) is 1.95. The minimum Gasteiger partial charge on any atom is -0.479 e. The number of benzene rings is 1. The summed E-state index contributed by atoms with van der Waals surface area (Å²) in [4.78, 5) is 21.5. The third-order valence-corrected chi connectivity index (χ3v) is 2.44. The number of nitrogens with zero attached hydrogens (tertiary/aromatic N) is 2. The molecule has 0 spiro atoms. The topological polar surface area (TPSA) is 70.0 Å². The number of hydrogen-bond donors (Lipinski definition) is 1. The maximum Gasteiger partial charge on any atom is 0.335 e. The molecule has 1 aliphatic heterocycles. The smallest absolute Gasteiger partial charge is 0.335 e. The molecule has 16 heavy (non-hydrogen) atoms. The van der Waals surface area contributed by atoms with Crippen molar-refractivity contribution in [3.8, 4) is 0 Å². The first kappa shape index (κ1) is 10.4. The van der Waals surface area contributed by atoms with Crippen molar-refractivity contribution in [2.24, 2.45) is 5.10 Å². The SMILES string of the molecule is O=CC(C(=O)O)N1Cc2ccccc2C=N1. The molecule has 1 aromatic rings. The van der Waals surface area contributed by atoms with Crippen molar-refractivity contribution in [2.75, 3.05) is 0 Å². The number of fused-ring (bicyclic) bond motifs is 1. The maximum atomic E-state index is 10.8. The molecule has 0 saturated carbocycles. The van der Waals surface area contributed by atoms with Gasteiger partial charge in [-0.15, -0.1) is 0 Å². The fraction of sp³-hybridized carbons (Fsp3) is 0.182. The van der Waals surface area contributed by atoms with Crippen molar-refractivity contribution in [1.82, 2.24) is 5.01 Å². The van der Waals surface area contributed by atoms with E-state index in [1.54, 1.807) is 6.21 Å². The Labute approximate surface area is 92.0 Å². The molecule has 1 aromatic carbocycles. The fourth-order valence-corrected chi connectivity index (χ4v) is 1.58.